The lowest BCUT2D eigenvalue weighted by Gasteiger charge is -2.24. The van der Waals surface area contributed by atoms with Crippen molar-refractivity contribution in [1.29, 1.82) is 0 Å². The molecule has 23 heavy (non-hydrogen) atoms. The molecule has 3 rings (SSSR count). The third-order valence-electron chi connectivity index (χ3n) is 4.13. The fraction of sp³-hybridized carbons (Fsp3) is 0.143. The summed E-state index contributed by atoms with van der Waals surface area (Å²) in [4.78, 5) is 0. The van der Waals surface area contributed by atoms with Crippen LogP contribution < -0.4 is 10.9 Å². The normalized spacial score (nSPS) is 10.6. The maximum Gasteiger partial charge on any atom is 0.0633 e. The zero-order valence-electron chi connectivity index (χ0n) is 13.9. The molecule has 0 heterocycles. The Labute approximate surface area is 138 Å². The van der Waals surface area contributed by atoms with E-state index in [-0.39, 0.29) is 0 Å². The Balaban J connectivity index is 1.94. The van der Waals surface area contributed by atoms with Crippen molar-refractivity contribution in [1.82, 2.24) is 0 Å². The number of hydrazine groups is 1. The molecule has 0 aliphatic rings. The van der Waals surface area contributed by atoms with Crippen molar-refractivity contribution in [3.05, 3.63) is 83.4 Å². The van der Waals surface area contributed by atoms with Gasteiger partial charge in [-0.25, -0.2) is 5.84 Å². The van der Waals surface area contributed by atoms with Gasteiger partial charge in [0.05, 0.1) is 11.4 Å². The van der Waals surface area contributed by atoms with Gasteiger partial charge in [0.2, 0.25) is 0 Å². The molecule has 2 N–H and O–H groups in total. The van der Waals surface area contributed by atoms with E-state index in [0.717, 1.165) is 11.4 Å². The second-order valence-corrected chi connectivity index (χ2v) is 6.03. The van der Waals surface area contributed by atoms with E-state index in [9.17, 15) is 0 Å². The first-order chi connectivity index (χ1) is 11.1. The lowest BCUT2D eigenvalue weighted by atomic mass is 10.0. The Kier molecular flexibility index (Phi) is 4.18. The Hall–Kier alpha value is -2.58. The molecule has 0 saturated carbocycles. The van der Waals surface area contributed by atoms with E-state index in [1.807, 2.05) is 6.07 Å². The van der Waals surface area contributed by atoms with Crippen molar-refractivity contribution < 1.29 is 0 Å². The standard InChI is InChI=1S/C21H22N2/c1-15-13-16(2)21(17(3)14-15)23(22)20-11-9-19(10-12-20)18-7-5-4-6-8-18/h4-14H,22H2,1-3H3. The highest BCUT2D eigenvalue weighted by Gasteiger charge is 2.11. The molecule has 2 heteroatoms. The van der Waals surface area contributed by atoms with Gasteiger partial charge >= 0.3 is 0 Å². The van der Waals surface area contributed by atoms with Crippen molar-refractivity contribution in [2.45, 2.75) is 20.8 Å². The molecule has 0 fully saturated rings. The smallest absolute Gasteiger partial charge is 0.0633 e. The average molecular weight is 302 g/mol. The Morgan fingerprint density at radius 2 is 1.22 bits per heavy atom. The minimum absolute atomic E-state index is 0.986. The van der Waals surface area contributed by atoms with Crippen LogP contribution in [0.15, 0.2) is 66.7 Å². The van der Waals surface area contributed by atoms with E-state index in [2.05, 4.69) is 81.4 Å². The number of nitrogens with two attached hydrogens (primary N) is 1. The number of hydrogen-bond acceptors (Lipinski definition) is 2. The molecule has 0 amide bonds. The predicted molar refractivity (Wildman–Crippen MR) is 98.9 cm³/mol. The Bertz CT molecular complexity index is 782. The topological polar surface area (TPSA) is 29.3 Å². The molecule has 3 aromatic rings. The Morgan fingerprint density at radius 1 is 0.696 bits per heavy atom. The van der Waals surface area contributed by atoms with E-state index in [1.165, 1.54) is 27.8 Å². The van der Waals surface area contributed by atoms with Gasteiger partial charge in [0.15, 0.2) is 0 Å². The van der Waals surface area contributed by atoms with Crippen molar-refractivity contribution in [3.8, 4) is 11.1 Å². The summed E-state index contributed by atoms with van der Waals surface area (Å²) in [5.41, 5.74) is 8.11. The maximum absolute atomic E-state index is 6.39. The fourth-order valence-corrected chi connectivity index (χ4v) is 3.13. The van der Waals surface area contributed by atoms with E-state index in [0.29, 0.717) is 0 Å². The highest BCUT2D eigenvalue weighted by molar-refractivity contribution is 5.72. The quantitative estimate of drug-likeness (QED) is 0.526. The van der Waals surface area contributed by atoms with Crippen molar-refractivity contribution in [2.75, 3.05) is 5.01 Å². The lowest BCUT2D eigenvalue weighted by molar-refractivity contribution is 1.06. The van der Waals surface area contributed by atoms with Gasteiger partial charge in [-0.3, -0.25) is 5.01 Å². The van der Waals surface area contributed by atoms with Crippen LogP contribution >= 0.6 is 0 Å². The first-order valence-corrected chi connectivity index (χ1v) is 7.84. The third kappa shape index (κ3) is 3.13. The molecular weight excluding hydrogens is 280 g/mol. The summed E-state index contributed by atoms with van der Waals surface area (Å²) >= 11 is 0. The van der Waals surface area contributed by atoms with Gasteiger partial charge in [-0.05, 0) is 55.2 Å². The lowest BCUT2D eigenvalue weighted by Crippen LogP contribution is -2.26. The predicted octanol–water partition coefficient (Wildman–Crippen LogP) is 5.29. The van der Waals surface area contributed by atoms with Gasteiger partial charge in [0.1, 0.15) is 0 Å². The zero-order valence-corrected chi connectivity index (χ0v) is 13.9. The zero-order chi connectivity index (χ0) is 16.4. The summed E-state index contributed by atoms with van der Waals surface area (Å²) in [5, 5.41) is 1.78. The van der Waals surface area contributed by atoms with Crippen LogP contribution in [0.25, 0.3) is 11.1 Å². The van der Waals surface area contributed by atoms with Crippen molar-refractivity contribution in [2.24, 2.45) is 5.84 Å². The summed E-state index contributed by atoms with van der Waals surface area (Å²) in [6.45, 7) is 6.32. The van der Waals surface area contributed by atoms with Crippen molar-refractivity contribution >= 4 is 11.4 Å². The summed E-state index contributed by atoms with van der Waals surface area (Å²) in [6, 6.07) is 23.1. The molecule has 116 valence electrons. The minimum atomic E-state index is 0.986. The molecule has 0 bridgehead atoms. The summed E-state index contributed by atoms with van der Waals surface area (Å²) in [7, 11) is 0. The van der Waals surface area contributed by atoms with Crippen LogP contribution in [0.4, 0.5) is 11.4 Å². The molecule has 0 aromatic heterocycles. The number of anilines is 2. The molecule has 0 saturated heterocycles. The molecule has 0 atom stereocenters. The van der Waals surface area contributed by atoms with E-state index < -0.39 is 0 Å². The van der Waals surface area contributed by atoms with Crippen LogP contribution in [-0.4, -0.2) is 0 Å². The third-order valence-corrected chi connectivity index (χ3v) is 4.13. The van der Waals surface area contributed by atoms with Crippen LogP contribution in [0.1, 0.15) is 16.7 Å². The average Bonchev–Trinajstić information content (AvgIpc) is 2.55. The van der Waals surface area contributed by atoms with Crippen LogP contribution in [0.3, 0.4) is 0 Å². The van der Waals surface area contributed by atoms with E-state index in [4.69, 9.17) is 5.84 Å². The van der Waals surface area contributed by atoms with Gasteiger partial charge in [0.25, 0.3) is 0 Å². The minimum Gasteiger partial charge on any atom is -0.279 e. The van der Waals surface area contributed by atoms with E-state index in [1.54, 1.807) is 5.01 Å². The second-order valence-electron chi connectivity index (χ2n) is 6.03. The fourth-order valence-electron chi connectivity index (χ4n) is 3.13. The molecule has 0 aliphatic heterocycles. The first kappa shape index (κ1) is 15.3. The number of aryl methyl sites for hydroxylation is 3. The van der Waals surface area contributed by atoms with Gasteiger partial charge in [-0.1, -0.05) is 60.2 Å². The van der Waals surface area contributed by atoms with Crippen LogP contribution in [0.2, 0.25) is 0 Å². The number of nitrogens with zero attached hydrogens (tertiary/aromatic N) is 1. The Morgan fingerprint density at radius 3 is 1.78 bits per heavy atom. The molecule has 0 aliphatic carbocycles. The second kappa shape index (κ2) is 6.27. The van der Waals surface area contributed by atoms with Crippen LogP contribution in [-0.2, 0) is 0 Å². The van der Waals surface area contributed by atoms with Crippen LogP contribution in [0.5, 0.6) is 0 Å². The molecule has 0 spiro atoms. The number of rotatable bonds is 3. The largest absolute Gasteiger partial charge is 0.279 e. The van der Waals surface area contributed by atoms with Gasteiger partial charge in [-0.2, -0.15) is 0 Å². The highest BCUT2D eigenvalue weighted by atomic mass is 15.4. The van der Waals surface area contributed by atoms with Gasteiger partial charge in [-0.15, -0.1) is 0 Å². The number of benzene rings is 3. The number of hydrogen-bond donors (Lipinski definition) is 1. The molecule has 3 aromatic carbocycles. The first-order valence-electron chi connectivity index (χ1n) is 7.84. The SMILES string of the molecule is Cc1cc(C)c(N(N)c2ccc(-c3ccccc3)cc2)c(C)c1. The molecule has 0 radical (unpaired) electrons. The van der Waals surface area contributed by atoms with Gasteiger partial charge in [0, 0.05) is 0 Å². The monoisotopic (exact) mass is 302 g/mol. The van der Waals surface area contributed by atoms with Crippen LogP contribution in [0, 0.1) is 20.8 Å². The summed E-state index contributed by atoms with van der Waals surface area (Å²) in [5.74, 6) is 6.39. The molecule has 2 nitrogen and oxygen atoms in total. The van der Waals surface area contributed by atoms with Gasteiger partial charge < -0.3 is 0 Å². The summed E-state index contributed by atoms with van der Waals surface area (Å²) < 4.78 is 0. The van der Waals surface area contributed by atoms with E-state index >= 15 is 0 Å². The maximum atomic E-state index is 6.39. The summed E-state index contributed by atoms with van der Waals surface area (Å²) in [6.07, 6.45) is 0. The molecular formula is C21H22N2. The van der Waals surface area contributed by atoms with Crippen molar-refractivity contribution in [3.63, 3.8) is 0 Å². The highest BCUT2D eigenvalue weighted by Crippen LogP contribution is 2.31. The molecule has 0 unspecified atom stereocenters.